The first-order valence-electron chi connectivity index (χ1n) is 11.4. The van der Waals surface area contributed by atoms with Gasteiger partial charge in [-0.05, 0) is 44.9 Å². The molecule has 2 aromatic heterocycles. The second kappa shape index (κ2) is 8.43. The second-order valence-electron chi connectivity index (χ2n) is 9.51. The maximum atomic E-state index is 13.9. The van der Waals surface area contributed by atoms with Gasteiger partial charge in [0.1, 0.15) is 23.8 Å². The first kappa shape index (κ1) is 22.4. The molecule has 0 bridgehead atoms. The van der Waals surface area contributed by atoms with E-state index in [0.717, 1.165) is 49.2 Å². The molecule has 178 valence electrons. The molecule has 1 fully saturated rings. The van der Waals surface area contributed by atoms with Gasteiger partial charge in [0.2, 0.25) is 5.91 Å². The van der Waals surface area contributed by atoms with Crippen molar-refractivity contribution in [3.8, 4) is 11.3 Å². The topological polar surface area (TPSA) is 102 Å². The van der Waals surface area contributed by atoms with E-state index in [9.17, 15) is 13.6 Å². The molecule has 1 saturated heterocycles. The molecular formula is C24H27F2N7O. The second-order valence-corrected chi connectivity index (χ2v) is 9.51. The van der Waals surface area contributed by atoms with E-state index in [0.29, 0.717) is 23.6 Å². The molecule has 0 spiro atoms. The number of imidazole rings is 1. The molecule has 2 aliphatic rings. The summed E-state index contributed by atoms with van der Waals surface area (Å²) < 4.78 is 29.4. The minimum Gasteiger partial charge on any atom is -0.356 e. The summed E-state index contributed by atoms with van der Waals surface area (Å²) in [5.74, 6) is 0.595. The molecule has 2 aliphatic heterocycles. The Morgan fingerprint density at radius 2 is 1.94 bits per heavy atom. The highest BCUT2D eigenvalue weighted by atomic mass is 19.2. The van der Waals surface area contributed by atoms with E-state index in [1.807, 2.05) is 20.0 Å². The van der Waals surface area contributed by atoms with Crippen molar-refractivity contribution in [1.82, 2.24) is 19.5 Å². The van der Waals surface area contributed by atoms with E-state index in [1.165, 1.54) is 18.5 Å². The molecule has 0 atom stereocenters. The molecular weight excluding hydrogens is 440 g/mol. The van der Waals surface area contributed by atoms with Crippen LogP contribution in [0.15, 0.2) is 30.7 Å². The monoisotopic (exact) mass is 467 g/mol. The fraction of sp³-hybridized carbons (Fsp3) is 0.417. The van der Waals surface area contributed by atoms with Crippen molar-refractivity contribution in [1.29, 1.82) is 0 Å². The lowest BCUT2D eigenvalue weighted by Gasteiger charge is -2.35. The molecule has 10 heteroatoms. The number of nitrogens with one attached hydrogen (secondary N) is 1. The first-order valence-corrected chi connectivity index (χ1v) is 11.4. The van der Waals surface area contributed by atoms with Crippen LogP contribution in [-0.4, -0.2) is 45.1 Å². The lowest BCUT2D eigenvalue weighted by Crippen LogP contribution is -2.39. The minimum atomic E-state index is -0.898. The zero-order valence-corrected chi connectivity index (χ0v) is 19.2. The molecule has 3 N–H and O–H groups in total. The smallest absolute Gasteiger partial charge is 0.230 e. The van der Waals surface area contributed by atoms with E-state index in [4.69, 9.17) is 10.7 Å². The number of carbonyl (C=O) groups excluding carboxylic acids is 1. The van der Waals surface area contributed by atoms with Crippen molar-refractivity contribution in [3.05, 3.63) is 53.7 Å². The van der Waals surface area contributed by atoms with Crippen LogP contribution in [0.2, 0.25) is 0 Å². The number of benzene rings is 1. The number of nitrogens with two attached hydrogens (primary N) is 1. The van der Waals surface area contributed by atoms with Gasteiger partial charge in [0, 0.05) is 42.9 Å². The molecule has 3 aromatic rings. The molecule has 4 heterocycles. The molecule has 1 aromatic carbocycles. The van der Waals surface area contributed by atoms with Crippen LogP contribution in [0.1, 0.15) is 44.0 Å². The van der Waals surface area contributed by atoms with Crippen molar-refractivity contribution >= 4 is 17.5 Å². The minimum absolute atomic E-state index is 0.0672. The summed E-state index contributed by atoms with van der Waals surface area (Å²) in [4.78, 5) is 27.5. The van der Waals surface area contributed by atoms with E-state index in [2.05, 4.69) is 24.8 Å². The third-order valence-electron chi connectivity index (χ3n) is 6.78. The van der Waals surface area contributed by atoms with Crippen LogP contribution in [0.25, 0.3) is 11.3 Å². The summed E-state index contributed by atoms with van der Waals surface area (Å²) in [6, 6.07) is 3.84. The Hall–Kier alpha value is -3.40. The number of halogens is 2. The summed E-state index contributed by atoms with van der Waals surface area (Å²) in [5.41, 5.74) is 7.65. The van der Waals surface area contributed by atoms with Gasteiger partial charge in [0.15, 0.2) is 11.6 Å². The van der Waals surface area contributed by atoms with E-state index in [-0.39, 0.29) is 18.2 Å². The van der Waals surface area contributed by atoms with Gasteiger partial charge in [0.05, 0.1) is 17.7 Å². The highest BCUT2D eigenvalue weighted by molar-refractivity contribution is 5.99. The Balaban J connectivity index is 1.42. The number of anilines is 2. The van der Waals surface area contributed by atoms with E-state index < -0.39 is 17.2 Å². The highest BCUT2D eigenvalue weighted by Gasteiger charge is 2.32. The van der Waals surface area contributed by atoms with Crippen LogP contribution >= 0.6 is 0 Å². The SMILES string of the molecule is CC(C)(CN)n1cc(-c2ccc(F)c(F)c2)nc1C1CCN(c2ncnc3c2CC(=O)N3)CC1. The first-order chi connectivity index (χ1) is 16.3. The third kappa shape index (κ3) is 3.91. The van der Waals surface area contributed by atoms with Gasteiger partial charge in [-0.15, -0.1) is 0 Å². The Labute approximate surface area is 196 Å². The normalized spacial score (nSPS) is 16.6. The van der Waals surface area contributed by atoms with Crippen LogP contribution in [0.5, 0.6) is 0 Å². The van der Waals surface area contributed by atoms with Crippen LogP contribution < -0.4 is 16.0 Å². The number of hydrogen-bond donors (Lipinski definition) is 2. The number of piperidine rings is 1. The van der Waals surface area contributed by atoms with Gasteiger partial charge in [-0.2, -0.15) is 0 Å². The molecule has 1 amide bonds. The summed E-state index contributed by atoms with van der Waals surface area (Å²) >= 11 is 0. The van der Waals surface area contributed by atoms with Crippen molar-refractivity contribution < 1.29 is 13.6 Å². The van der Waals surface area contributed by atoms with E-state index >= 15 is 0 Å². The third-order valence-corrected chi connectivity index (χ3v) is 6.78. The maximum Gasteiger partial charge on any atom is 0.230 e. The van der Waals surface area contributed by atoms with Gasteiger partial charge in [-0.1, -0.05) is 0 Å². The molecule has 0 radical (unpaired) electrons. The van der Waals surface area contributed by atoms with Gasteiger partial charge >= 0.3 is 0 Å². The molecule has 0 aliphatic carbocycles. The van der Waals surface area contributed by atoms with Gasteiger partial charge in [-0.3, -0.25) is 4.79 Å². The zero-order chi connectivity index (χ0) is 24.0. The number of amides is 1. The van der Waals surface area contributed by atoms with Crippen molar-refractivity contribution in [3.63, 3.8) is 0 Å². The Morgan fingerprint density at radius 3 is 2.65 bits per heavy atom. The fourth-order valence-corrected chi connectivity index (χ4v) is 4.69. The average molecular weight is 468 g/mol. The fourth-order valence-electron chi connectivity index (χ4n) is 4.69. The Kier molecular flexibility index (Phi) is 5.55. The number of aromatic nitrogens is 4. The highest BCUT2D eigenvalue weighted by Crippen LogP contribution is 2.36. The lowest BCUT2D eigenvalue weighted by atomic mass is 9.94. The van der Waals surface area contributed by atoms with Gasteiger partial charge < -0.3 is 20.5 Å². The van der Waals surface area contributed by atoms with E-state index in [1.54, 1.807) is 0 Å². The van der Waals surface area contributed by atoms with Gasteiger partial charge in [0.25, 0.3) is 0 Å². The number of rotatable bonds is 5. The summed E-state index contributed by atoms with van der Waals surface area (Å²) in [5, 5.41) is 2.78. The zero-order valence-electron chi connectivity index (χ0n) is 19.2. The van der Waals surface area contributed by atoms with Crippen molar-refractivity contribution in [2.75, 3.05) is 29.9 Å². The molecule has 5 rings (SSSR count). The summed E-state index contributed by atoms with van der Waals surface area (Å²) in [6.07, 6.45) is 5.31. The van der Waals surface area contributed by atoms with Crippen LogP contribution in [0.4, 0.5) is 20.4 Å². The lowest BCUT2D eigenvalue weighted by molar-refractivity contribution is -0.115. The summed E-state index contributed by atoms with van der Waals surface area (Å²) in [7, 11) is 0. The quantitative estimate of drug-likeness (QED) is 0.598. The Morgan fingerprint density at radius 1 is 1.18 bits per heavy atom. The van der Waals surface area contributed by atoms with Crippen molar-refractivity contribution in [2.24, 2.45) is 5.73 Å². The van der Waals surface area contributed by atoms with Crippen LogP contribution in [0, 0.1) is 11.6 Å². The van der Waals surface area contributed by atoms with Crippen LogP contribution in [-0.2, 0) is 16.8 Å². The molecule has 0 unspecified atom stereocenters. The number of nitrogens with zero attached hydrogens (tertiary/aromatic N) is 5. The van der Waals surface area contributed by atoms with Crippen LogP contribution in [0.3, 0.4) is 0 Å². The average Bonchev–Trinajstić information content (AvgIpc) is 3.45. The maximum absolute atomic E-state index is 13.9. The Bertz CT molecular complexity index is 1250. The number of fused-ring (bicyclic) bond motifs is 1. The summed E-state index contributed by atoms with van der Waals surface area (Å²) in [6.45, 7) is 5.98. The molecule has 34 heavy (non-hydrogen) atoms. The predicted octanol–water partition coefficient (Wildman–Crippen LogP) is 3.19. The molecule has 8 nitrogen and oxygen atoms in total. The van der Waals surface area contributed by atoms with Gasteiger partial charge in [-0.25, -0.2) is 23.7 Å². The number of carbonyl (C=O) groups is 1. The largest absolute Gasteiger partial charge is 0.356 e. The predicted molar refractivity (Wildman–Crippen MR) is 125 cm³/mol. The van der Waals surface area contributed by atoms with Crippen molar-refractivity contribution in [2.45, 2.75) is 44.6 Å². The standard InChI is InChI=1S/C24H27F2N7O/c1-24(2,12-27)33-11-19(15-3-4-17(25)18(26)9-15)30-22(33)14-5-7-32(8-6-14)23-16-10-20(34)31-21(16)28-13-29-23/h3-4,9,11,13-14H,5-8,10,12,27H2,1-2H3,(H,28,29,31,34). The molecule has 0 saturated carbocycles. The number of hydrogen-bond acceptors (Lipinski definition) is 6.